The van der Waals surface area contributed by atoms with Crippen LogP contribution in [0.3, 0.4) is 0 Å². The van der Waals surface area contributed by atoms with Crippen molar-refractivity contribution in [3.05, 3.63) is 0 Å². The molecule has 7 heavy (non-hydrogen) atoms. The molecule has 0 rings (SSSR count). The molecule has 0 spiro atoms. The Morgan fingerprint density at radius 2 is 1.71 bits per heavy atom. The van der Waals surface area contributed by atoms with Gasteiger partial charge in [-0.1, -0.05) is 5.92 Å². The third-order valence-electron chi connectivity index (χ3n) is 0.426. The predicted molar refractivity (Wildman–Crippen MR) is 34.8 cm³/mol. The summed E-state index contributed by atoms with van der Waals surface area (Å²) < 4.78 is 0. The van der Waals surface area contributed by atoms with E-state index in [2.05, 4.69) is 23.8 Å². The fraction of sp³-hybridized carbons (Fsp3) is 0.667. The second-order valence-corrected chi connectivity index (χ2v) is 2.68. The maximum Gasteiger partial charge on any atom is 0.0242 e. The molecule has 0 N–H and O–H groups in total. The Hall–Kier alpha value is -0.220. The molecule has 39 valence electrons. The van der Waals surface area contributed by atoms with E-state index < -0.39 is 0 Å². The topological polar surface area (TPSA) is 0 Å². The molecule has 0 aliphatic heterocycles. The van der Waals surface area contributed by atoms with Crippen molar-refractivity contribution in [1.82, 2.24) is 0 Å². The smallest absolute Gasteiger partial charge is 0.0242 e. The van der Waals surface area contributed by atoms with Crippen molar-refractivity contribution in [3.8, 4) is 11.2 Å². The van der Waals surface area contributed by atoms with Crippen LogP contribution in [-0.2, 0) is 0 Å². The summed E-state index contributed by atoms with van der Waals surface area (Å²) in [7, 11) is 0. The average Bonchev–Trinajstić information content (AvgIpc) is 1.30. The maximum atomic E-state index is 4.44. The number of hydrogen-bond donors (Lipinski definition) is 0. The average molecular weight is 113 g/mol. The second kappa shape index (κ2) is 2.18. The van der Waals surface area contributed by atoms with Crippen LogP contribution in [0.5, 0.6) is 0 Å². The molecule has 0 saturated heterocycles. The summed E-state index contributed by atoms with van der Waals surface area (Å²) in [4.78, 5) is 0. The van der Waals surface area contributed by atoms with E-state index in [0.29, 0.717) is 0 Å². The first kappa shape index (κ1) is 6.78. The van der Waals surface area contributed by atoms with Crippen molar-refractivity contribution < 1.29 is 0 Å². The molecule has 0 bridgehead atoms. The van der Waals surface area contributed by atoms with Crippen molar-refractivity contribution in [2.24, 2.45) is 5.41 Å². The van der Waals surface area contributed by atoms with Crippen LogP contribution in [0.1, 0.15) is 20.8 Å². The first-order valence-corrected chi connectivity index (χ1v) is 2.61. The summed E-state index contributed by atoms with van der Waals surface area (Å²) in [6.07, 6.45) is 0. The van der Waals surface area contributed by atoms with Gasteiger partial charge in [-0.2, -0.15) is 0 Å². The van der Waals surface area contributed by atoms with Gasteiger partial charge in [-0.25, -0.2) is 0 Å². The summed E-state index contributed by atoms with van der Waals surface area (Å²) in [5.74, 6) is 2.85. The zero-order valence-corrected chi connectivity index (χ0v) is 5.72. The molecule has 0 aromatic rings. The largest absolute Gasteiger partial charge is 0.0806 e. The van der Waals surface area contributed by atoms with Crippen LogP contribution in [0, 0.1) is 16.6 Å². The van der Waals surface area contributed by atoms with Gasteiger partial charge < -0.3 is 0 Å². The van der Waals surface area contributed by atoms with Crippen LogP contribution >= 0.6 is 12.6 Å². The van der Waals surface area contributed by atoms with Gasteiger partial charge in [-0.15, -0.1) is 0 Å². The van der Waals surface area contributed by atoms with Crippen LogP contribution in [0.25, 0.3) is 0 Å². The van der Waals surface area contributed by atoms with Gasteiger partial charge in [0.25, 0.3) is 0 Å². The van der Waals surface area contributed by atoms with Crippen LogP contribution in [0.2, 0.25) is 0 Å². The van der Waals surface area contributed by atoms with E-state index in [1.807, 2.05) is 20.8 Å². The first-order valence-electron chi connectivity index (χ1n) is 2.20. The SMILES string of the molecule is CC(C)(C)C#C[S]. The lowest BCUT2D eigenvalue weighted by molar-refractivity contribution is 0.571. The van der Waals surface area contributed by atoms with Gasteiger partial charge in [0.15, 0.2) is 0 Å². The quantitative estimate of drug-likeness (QED) is 0.422. The summed E-state index contributed by atoms with van der Waals surface area (Å²) >= 11 is 4.44. The lowest BCUT2D eigenvalue weighted by Crippen LogP contribution is -1.98. The van der Waals surface area contributed by atoms with Crippen molar-refractivity contribution in [2.75, 3.05) is 0 Å². The maximum absolute atomic E-state index is 4.44. The van der Waals surface area contributed by atoms with Crippen molar-refractivity contribution in [3.63, 3.8) is 0 Å². The van der Waals surface area contributed by atoms with Crippen molar-refractivity contribution in [2.45, 2.75) is 20.8 Å². The molecule has 0 aliphatic carbocycles. The lowest BCUT2D eigenvalue weighted by atomic mass is 9.99. The Morgan fingerprint density at radius 1 is 1.29 bits per heavy atom. The fourth-order valence-corrected chi connectivity index (χ4v) is 0.459. The standard InChI is InChI=1S/C6H9S/c1-6(2,3)4-5-7/h1-3H3. The molecule has 0 unspecified atom stereocenters. The van der Waals surface area contributed by atoms with Gasteiger partial charge in [0.2, 0.25) is 0 Å². The van der Waals surface area contributed by atoms with E-state index in [1.54, 1.807) is 0 Å². The highest BCUT2D eigenvalue weighted by Gasteiger charge is 2.02. The normalized spacial score (nSPS) is 9.57. The molecule has 0 amide bonds. The molecule has 0 aromatic carbocycles. The monoisotopic (exact) mass is 113 g/mol. The van der Waals surface area contributed by atoms with Gasteiger partial charge in [0.1, 0.15) is 0 Å². The zero-order valence-electron chi connectivity index (χ0n) is 4.91. The van der Waals surface area contributed by atoms with Crippen molar-refractivity contribution in [1.29, 1.82) is 0 Å². The lowest BCUT2D eigenvalue weighted by Gasteiger charge is -2.05. The Kier molecular flexibility index (Phi) is 2.11. The molecule has 0 atom stereocenters. The second-order valence-electron chi connectivity index (χ2n) is 2.48. The molecule has 0 fully saturated rings. The minimum atomic E-state index is 0.0851. The molecule has 0 aliphatic rings. The summed E-state index contributed by atoms with van der Waals surface area (Å²) in [6.45, 7) is 6.10. The van der Waals surface area contributed by atoms with Gasteiger partial charge in [-0.05, 0) is 33.4 Å². The van der Waals surface area contributed by atoms with Gasteiger partial charge in [0, 0.05) is 10.7 Å². The minimum absolute atomic E-state index is 0.0851. The molecular weight excluding hydrogens is 104 g/mol. The molecule has 1 radical (unpaired) electrons. The molecule has 0 heterocycles. The van der Waals surface area contributed by atoms with E-state index in [4.69, 9.17) is 0 Å². The van der Waals surface area contributed by atoms with Gasteiger partial charge >= 0.3 is 0 Å². The Labute approximate surface area is 50.7 Å². The Balaban J connectivity index is 3.72. The summed E-state index contributed by atoms with van der Waals surface area (Å²) in [5.41, 5.74) is 0.0851. The number of hydrogen-bond acceptors (Lipinski definition) is 0. The third-order valence-corrected chi connectivity index (χ3v) is 0.528. The Morgan fingerprint density at radius 3 is 1.71 bits per heavy atom. The molecular formula is C6H9S. The fourth-order valence-electron chi connectivity index (χ4n) is 0.153. The van der Waals surface area contributed by atoms with E-state index in [1.165, 1.54) is 0 Å². The summed E-state index contributed by atoms with van der Waals surface area (Å²) in [5, 5.41) is 2.44. The Bertz CT molecular complexity index is 97.6. The van der Waals surface area contributed by atoms with E-state index in [0.717, 1.165) is 0 Å². The summed E-state index contributed by atoms with van der Waals surface area (Å²) in [6, 6.07) is 0. The number of rotatable bonds is 0. The van der Waals surface area contributed by atoms with Crippen LogP contribution in [0.15, 0.2) is 0 Å². The van der Waals surface area contributed by atoms with Crippen molar-refractivity contribution >= 4 is 12.6 Å². The van der Waals surface area contributed by atoms with Gasteiger partial charge in [0.05, 0.1) is 0 Å². The van der Waals surface area contributed by atoms with Gasteiger partial charge in [-0.3, -0.25) is 0 Å². The van der Waals surface area contributed by atoms with E-state index >= 15 is 0 Å². The predicted octanol–water partition coefficient (Wildman–Crippen LogP) is 2.19. The van der Waals surface area contributed by atoms with Crippen LogP contribution in [0.4, 0.5) is 0 Å². The van der Waals surface area contributed by atoms with Crippen LogP contribution < -0.4 is 0 Å². The first-order chi connectivity index (χ1) is 3.06. The highest BCUT2D eigenvalue weighted by atomic mass is 32.1. The highest BCUT2D eigenvalue weighted by Crippen LogP contribution is 2.09. The molecule has 0 nitrogen and oxygen atoms in total. The zero-order chi connectivity index (χ0) is 5.91. The molecule has 1 heteroatoms. The minimum Gasteiger partial charge on any atom is -0.0806 e. The van der Waals surface area contributed by atoms with Crippen LogP contribution in [-0.4, -0.2) is 0 Å². The highest BCUT2D eigenvalue weighted by molar-refractivity contribution is 7.85. The molecule has 0 saturated carbocycles. The third kappa shape index (κ3) is 5.78. The molecule has 0 aromatic heterocycles. The van der Waals surface area contributed by atoms with E-state index in [-0.39, 0.29) is 5.41 Å². The van der Waals surface area contributed by atoms with E-state index in [9.17, 15) is 0 Å².